The van der Waals surface area contributed by atoms with Crippen molar-refractivity contribution in [3.63, 3.8) is 0 Å². The summed E-state index contributed by atoms with van der Waals surface area (Å²) in [6, 6.07) is 38.6. The molecule has 0 heterocycles. The van der Waals surface area contributed by atoms with Crippen molar-refractivity contribution in [3.05, 3.63) is 151 Å². The van der Waals surface area contributed by atoms with Crippen LogP contribution in [0.3, 0.4) is 0 Å². The molecule has 1 unspecified atom stereocenters. The second-order valence-electron chi connectivity index (χ2n) is 19.2. The van der Waals surface area contributed by atoms with Crippen molar-refractivity contribution in [2.24, 2.45) is 29.1 Å². The zero-order chi connectivity index (χ0) is 35.3. The summed E-state index contributed by atoms with van der Waals surface area (Å²) in [4.78, 5) is 0. The monoisotopic (exact) mass is 746 g/mol. The van der Waals surface area contributed by atoms with Gasteiger partial charge in [0.25, 0.3) is 0 Å². The van der Waals surface area contributed by atoms with E-state index in [1.54, 1.807) is 14.3 Å². The van der Waals surface area contributed by atoms with Crippen LogP contribution in [0, 0.1) is 29.1 Å². The Morgan fingerprint density at radius 1 is 0.608 bits per heavy atom. The molecular weight excluding hydrogens is 692 g/mol. The standard InChI is InChI=1S/C21H25.C16H21.C13H10.Zr/c1-20(2,3)16-9-7-14-11-15-8-10-17(21(4,5)6)13-19(15)18(14)12-16;1-11-2-3-15(4-11)16-8-12-5-13(9-16)7-14(6-12)10-16;1-3-7-12(8-4-1)11-13-9-5-2-6-10-13;/h7-13H,1-6H3;2-3,11-14H,5-10H2,1H3;1-10H;. The van der Waals surface area contributed by atoms with Gasteiger partial charge in [0.05, 0.1) is 0 Å². The topological polar surface area (TPSA) is 0 Å². The molecule has 0 radical (unpaired) electrons. The summed E-state index contributed by atoms with van der Waals surface area (Å²) in [7, 11) is 0. The van der Waals surface area contributed by atoms with Gasteiger partial charge < -0.3 is 0 Å². The van der Waals surface area contributed by atoms with Crippen molar-refractivity contribution in [2.75, 3.05) is 0 Å². The van der Waals surface area contributed by atoms with Crippen LogP contribution in [0.15, 0.2) is 118 Å². The molecule has 4 bridgehead atoms. The van der Waals surface area contributed by atoms with Crippen LogP contribution in [0.25, 0.3) is 11.1 Å². The van der Waals surface area contributed by atoms with Crippen LogP contribution >= 0.6 is 0 Å². The molecule has 1 heteroatoms. The van der Waals surface area contributed by atoms with Gasteiger partial charge in [-0.15, -0.1) is 0 Å². The molecule has 6 aliphatic rings. The van der Waals surface area contributed by atoms with Gasteiger partial charge in [0.2, 0.25) is 0 Å². The number of rotatable bonds is 5. The van der Waals surface area contributed by atoms with Gasteiger partial charge in [-0.25, -0.2) is 0 Å². The molecule has 260 valence electrons. The van der Waals surface area contributed by atoms with Crippen molar-refractivity contribution in [1.29, 1.82) is 0 Å². The molecule has 10 rings (SSSR count). The Balaban J connectivity index is 1.39. The molecule has 1 atom stereocenters. The molecule has 4 aromatic rings. The minimum absolute atomic E-state index is 0.0972. The molecule has 4 aromatic carbocycles. The van der Waals surface area contributed by atoms with Crippen molar-refractivity contribution < 1.29 is 21.3 Å². The van der Waals surface area contributed by atoms with Gasteiger partial charge >= 0.3 is 318 Å². The molecule has 4 saturated carbocycles. The first-order chi connectivity index (χ1) is 24.4. The zero-order valence-electron chi connectivity index (χ0n) is 32.0. The van der Waals surface area contributed by atoms with Crippen LogP contribution in [-0.2, 0) is 32.1 Å². The molecule has 4 fully saturated rings. The molecule has 0 spiro atoms. The van der Waals surface area contributed by atoms with E-state index in [1.807, 2.05) is 8.85 Å². The van der Waals surface area contributed by atoms with Crippen molar-refractivity contribution in [1.82, 2.24) is 0 Å². The molecule has 0 amide bonds. The van der Waals surface area contributed by atoms with E-state index in [-0.39, 0.29) is 10.8 Å². The molecule has 0 aromatic heterocycles. The van der Waals surface area contributed by atoms with Crippen molar-refractivity contribution in [3.8, 4) is 11.1 Å². The summed E-state index contributed by atoms with van der Waals surface area (Å²) in [5, 5.41) is 0. The predicted octanol–water partition coefficient (Wildman–Crippen LogP) is 12.9. The van der Waals surface area contributed by atoms with E-state index < -0.39 is 21.3 Å². The fourth-order valence-electron chi connectivity index (χ4n) is 11.6. The van der Waals surface area contributed by atoms with Crippen LogP contribution in [0.1, 0.15) is 124 Å². The van der Waals surface area contributed by atoms with Gasteiger partial charge in [0.15, 0.2) is 0 Å². The summed E-state index contributed by atoms with van der Waals surface area (Å²) < 4.78 is 4.03. The molecule has 51 heavy (non-hydrogen) atoms. The Labute approximate surface area is 315 Å². The third-order valence-electron chi connectivity index (χ3n) is 13.6. The van der Waals surface area contributed by atoms with Crippen LogP contribution < -0.4 is 0 Å². The first-order valence-corrected chi connectivity index (χ1v) is 23.8. The van der Waals surface area contributed by atoms with Gasteiger partial charge in [-0.1, -0.05) is 0 Å². The molecule has 0 saturated heterocycles. The van der Waals surface area contributed by atoms with E-state index in [0.717, 1.165) is 17.8 Å². The maximum absolute atomic E-state index is 2.93. The summed E-state index contributed by atoms with van der Waals surface area (Å²) >= 11 is -2.93. The molecule has 0 nitrogen and oxygen atoms in total. The maximum atomic E-state index is 2.70. The first kappa shape index (κ1) is 33.9. The van der Waals surface area contributed by atoms with E-state index in [2.05, 4.69) is 158 Å². The zero-order valence-corrected chi connectivity index (χ0v) is 34.5. The van der Waals surface area contributed by atoms with E-state index in [4.69, 9.17) is 0 Å². The van der Waals surface area contributed by atoms with E-state index >= 15 is 0 Å². The predicted molar refractivity (Wildman–Crippen MR) is 213 cm³/mol. The number of hydrogen-bond donors (Lipinski definition) is 0. The number of benzene rings is 4. The normalized spacial score (nSPS) is 26.5. The summed E-state index contributed by atoms with van der Waals surface area (Å²) in [6.45, 7) is 16.8. The summed E-state index contributed by atoms with van der Waals surface area (Å²) in [5.41, 5.74) is 14.4. The SMILES string of the molecule is CC1C=CC(C23CC4CC(CC(C4)C2)C3)=[C]1[Zr](=[C](c1ccccc1)c1ccccc1)[CH]1c2ccc(C(C)(C)C)cc2-c2cc(C(C)(C)C)ccc21. The van der Waals surface area contributed by atoms with Crippen LogP contribution in [0.5, 0.6) is 0 Å². The third-order valence-corrected chi connectivity index (χ3v) is 22.5. The number of hydrogen-bond acceptors (Lipinski definition) is 0. The molecular formula is C50H56Zr. The average Bonchev–Trinajstić information content (AvgIpc) is 3.64. The number of fused-ring (bicyclic) bond motifs is 3. The van der Waals surface area contributed by atoms with Gasteiger partial charge in [0.1, 0.15) is 0 Å². The quantitative estimate of drug-likeness (QED) is 0.191. The fraction of sp³-hybridized carbons (Fsp3) is 0.420. The van der Waals surface area contributed by atoms with Crippen LogP contribution in [-0.4, -0.2) is 3.21 Å². The van der Waals surface area contributed by atoms with E-state index in [0.29, 0.717) is 15.0 Å². The minimum atomic E-state index is -2.93. The molecule has 0 aliphatic heterocycles. The first-order valence-electron chi connectivity index (χ1n) is 20.0. The van der Waals surface area contributed by atoms with Crippen LogP contribution in [0.2, 0.25) is 0 Å². The second kappa shape index (κ2) is 12.3. The Bertz CT molecular complexity index is 1950. The van der Waals surface area contributed by atoms with Gasteiger partial charge in [0, 0.05) is 0 Å². The van der Waals surface area contributed by atoms with Crippen molar-refractivity contribution in [2.45, 2.75) is 101 Å². The Morgan fingerprint density at radius 2 is 1.06 bits per heavy atom. The molecule has 6 aliphatic carbocycles. The number of allylic oxidation sites excluding steroid dienone is 4. The second-order valence-corrected chi connectivity index (χ2v) is 25.2. The van der Waals surface area contributed by atoms with Gasteiger partial charge in [-0.05, 0) is 0 Å². The third kappa shape index (κ3) is 5.75. The average molecular weight is 748 g/mol. The molecule has 0 N–H and O–H groups in total. The van der Waals surface area contributed by atoms with Gasteiger partial charge in [-0.3, -0.25) is 0 Å². The Kier molecular flexibility index (Phi) is 8.20. The van der Waals surface area contributed by atoms with E-state index in [1.165, 1.54) is 71.9 Å². The van der Waals surface area contributed by atoms with E-state index in [9.17, 15) is 0 Å². The fourth-order valence-corrected chi connectivity index (χ4v) is 21.8. The summed E-state index contributed by atoms with van der Waals surface area (Å²) in [6.07, 6.45) is 14.1. The Hall–Kier alpha value is -2.89. The summed E-state index contributed by atoms with van der Waals surface area (Å²) in [5.74, 6) is 3.30. The van der Waals surface area contributed by atoms with Crippen molar-refractivity contribution >= 4 is 3.21 Å². The Morgan fingerprint density at radius 3 is 1.49 bits per heavy atom. The van der Waals surface area contributed by atoms with Crippen LogP contribution in [0.4, 0.5) is 0 Å². The van der Waals surface area contributed by atoms with Gasteiger partial charge in [-0.2, -0.15) is 0 Å².